The summed E-state index contributed by atoms with van der Waals surface area (Å²) in [6.45, 7) is 2.26. The molecule has 17 heavy (non-hydrogen) atoms. The van der Waals surface area contributed by atoms with Crippen molar-refractivity contribution in [1.82, 2.24) is 0 Å². The van der Waals surface area contributed by atoms with Crippen LogP contribution in [0.15, 0.2) is 0 Å². The molecule has 0 aromatic carbocycles. The molecular formula is C13H27NO2S. The maximum absolute atomic E-state index is 11.0. The molecule has 0 amide bonds. The van der Waals surface area contributed by atoms with Gasteiger partial charge in [-0.2, -0.15) is 0 Å². The highest BCUT2D eigenvalue weighted by Crippen LogP contribution is 2.32. The molecule has 2 N–H and O–H groups in total. The van der Waals surface area contributed by atoms with Crippen molar-refractivity contribution >= 4 is 9.84 Å². The van der Waals surface area contributed by atoms with E-state index in [2.05, 4.69) is 6.92 Å². The van der Waals surface area contributed by atoms with Crippen LogP contribution in [-0.4, -0.2) is 26.5 Å². The molecule has 1 atom stereocenters. The lowest BCUT2D eigenvalue weighted by atomic mass is 9.77. The monoisotopic (exact) mass is 261 g/mol. The lowest BCUT2D eigenvalue weighted by Crippen LogP contribution is -2.33. The molecule has 3 nitrogen and oxygen atoms in total. The number of hydrogen-bond acceptors (Lipinski definition) is 3. The number of hydrogen-bond donors (Lipinski definition) is 1. The van der Waals surface area contributed by atoms with Crippen LogP contribution in [0.1, 0.15) is 51.9 Å². The Hall–Kier alpha value is -0.0900. The smallest absolute Gasteiger partial charge is 0.147 e. The Kier molecular flexibility index (Phi) is 5.93. The molecule has 0 aromatic heterocycles. The van der Waals surface area contributed by atoms with Crippen molar-refractivity contribution in [3.05, 3.63) is 0 Å². The molecule has 1 unspecified atom stereocenters. The molecule has 0 aromatic rings. The highest BCUT2D eigenvalue weighted by Gasteiger charge is 2.24. The van der Waals surface area contributed by atoms with E-state index in [1.165, 1.54) is 38.4 Å². The first-order chi connectivity index (χ1) is 7.92. The van der Waals surface area contributed by atoms with Crippen LogP contribution < -0.4 is 5.73 Å². The third kappa shape index (κ3) is 5.87. The minimum Gasteiger partial charge on any atom is -0.327 e. The first-order valence-electron chi connectivity index (χ1n) is 6.85. The first-order valence-corrected chi connectivity index (χ1v) is 8.91. The fourth-order valence-corrected chi connectivity index (χ4v) is 3.53. The van der Waals surface area contributed by atoms with Gasteiger partial charge in [-0.05, 0) is 37.5 Å². The van der Waals surface area contributed by atoms with Crippen LogP contribution in [0.5, 0.6) is 0 Å². The van der Waals surface area contributed by atoms with E-state index in [0.29, 0.717) is 12.3 Å². The summed E-state index contributed by atoms with van der Waals surface area (Å²) in [4.78, 5) is 0. The van der Waals surface area contributed by atoms with Gasteiger partial charge in [0, 0.05) is 18.1 Å². The Morgan fingerprint density at radius 1 is 1.24 bits per heavy atom. The Labute approximate surface area is 106 Å². The molecule has 4 heteroatoms. The van der Waals surface area contributed by atoms with Crippen LogP contribution in [0.3, 0.4) is 0 Å². The third-order valence-electron chi connectivity index (χ3n) is 4.13. The molecule has 0 saturated heterocycles. The van der Waals surface area contributed by atoms with Gasteiger partial charge in [-0.1, -0.05) is 26.2 Å². The van der Waals surface area contributed by atoms with Crippen molar-refractivity contribution in [2.75, 3.05) is 12.0 Å². The highest BCUT2D eigenvalue weighted by atomic mass is 32.2. The lowest BCUT2D eigenvalue weighted by Gasteiger charge is -2.31. The van der Waals surface area contributed by atoms with Crippen LogP contribution in [0.25, 0.3) is 0 Å². The van der Waals surface area contributed by atoms with E-state index < -0.39 is 9.84 Å². The van der Waals surface area contributed by atoms with Gasteiger partial charge >= 0.3 is 0 Å². The summed E-state index contributed by atoms with van der Waals surface area (Å²) < 4.78 is 22.1. The average Bonchev–Trinajstić information content (AvgIpc) is 2.27. The van der Waals surface area contributed by atoms with Gasteiger partial charge in [-0.15, -0.1) is 0 Å². The quantitative estimate of drug-likeness (QED) is 0.798. The SMILES string of the molecule is CCC1CCC(C(N)CCCS(C)(=O)=O)CC1. The largest absolute Gasteiger partial charge is 0.327 e. The van der Waals surface area contributed by atoms with Gasteiger partial charge in [-0.25, -0.2) is 8.42 Å². The fourth-order valence-electron chi connectivity index (χ4n) is 2.84. The minimum atomic E-state index is -2.82. The topological polar surface area (TPSA) is 60.2 Å². The van der Waals surface area contributed by atoms with Crippen molar-refractivity contribution in [3.8, 4) is 0 Å². The standard InChI is InChI=1S/C13H27NO2S/c1-3-11-6-8-12(9-7-11)13(14)5-4-10-17(2,15)16/h11-13H,3-10,14H2,1-2H3. The maximum Gasteiger partial charge on any atom is 0.147 e. The Bertz CT molecular complexity index is 305. The summed E-state index contributed by atoms with van der Waals surface area (Å²) in [5.41, 5.74) is 6.17. The van der Waals surface area contributed by atoms with Crippen LogP contribution >= 0.6 is 0 Å². The van der Waals surface area contributed by atoms with E-state index in [1.54, 1.807) is 0 Å². The van der Waals surface area contributed by atoms with Gasteiger partial charge in [-0.3, -0.25) is 0 Å². The van der Waals surface area contributed by atoms with Crippen LogP contribution in [0.4, 0.5) is 0 Å². The van der Waals surface area contributed by atoms with Crippen molar-refractivity contribution in [2.45, 2.75) is 57.9 Å². The molecule has 1 rings (SSSR count). The van der Waals surface area contributed by atoms with E-state index in [4.69, 9.17) is 5.73 Å². The Morgan fingerprint density at radius 2 is 1.82 bits per heavy atom. The summed E-state index contributed by atoms with van der Waals surface area (Å²) in [5, 5.41) is 0. The zero-order chi connectivity index (χ0) is 12.9. The summed E-state index contributed by atoms with van der Waals surface area (Å²) >= 11 is 0. The third-order valence-corrected chi connectivity index (χ3v) is 5.16. The summed E-state index contributed by atoms with van der Waals surface area (Å²) in [7, 11) is -2.82. The molecule has 0 bridgehead atoms. The number of nitrogens with two attached hydrogens (primary N) is 1. The summed E-state index contributed by atoms with van der Waals surface area (Å²) in [6.07, 6.45) is 9.24. The summed E-state index contributed by atoms with van der Waals surface area (Å²) in [6, 6.07) is 0.203. The van der Waals surface area contributed by atoms with Crippen LogP contribution in [-0.2, 0) is 9.84 Å². The van der Waals surface area contributed by atoms with Crippen molar-refractivity contribution in [2.24, 2.45) is 17.6 Å². The van der Waals surface area contributed by atoms with E-state index in [9.17, 15) is 8.42 Å². The van der Waals surface area contributed by atoms with Crippen LogP contribution in [0.2, 0.25) is 0 Å². The molecule has 1 saturated carbocycles. The molecule has 102 valence electrons. The van der Waals surface area contributed by atoms with Gasteiger partial charge in [0.05, 0.1) is 0 Å². The van der Waals surface area contributed by atoms with Gasteiger partial charge in [0.25, 0.3) is 0 Å². The number of rotatable bonds is 6. The van der Waals surface area contributed by atoms with E-state index >= 15 is 0 Å². The predicted molar refractivity (Wildman–Crippen MR) is 72.7 cm³/mol. The van der Waals surface area contributed by atoms with Gasteiger partial charge in [0.15, 0.2) is 0 Å². The van der Waals surface area contributed by atoms with Gasteiger partial charge < -0.3 is 5.73 Å². The first kappa shape index (κ1) is 15.0. The predicted octanol–water partition coefficient (Wildman–Crippen LogP) is 2.35. The zero-order valence-corrected chi connectivity index (χ0v) is 12.0. The second-order valence-electron chi connectivity index (χ2n) is 5.63. The fraction of sp³-hybridized carbons (Fsp3) is 1.00. The average molecular weight is 261 g/mol. The lowest BCUT2D eigenvalue weighted by molar-refractivity contribution is 0.233. The molecule has 1 fully saturated rings. The molecule has 1 aliphatic carbocycles. The van der Waals surface area contributed by atoms with Gasteiger partial charge in [0.1, 0.15) is 9.84 Å². The second kappa shape index (κ2) is 6.74. The highest BCUT2D eigenvalue weighted by molar-refractivity contribution is 7.90. The minimum absolute atomic E-state index is 0.203. The Morgan fingerprint density at radius 3 is 2.29 bits per heavy atom. The van der Waals surface area contributed by atoms with Crippen molar-refractivity contribution < 1.29 is 8.42 Å². The van der Waals surface area contributed by atoms with Crippen molar-refractivity contribution in [3.63, 3.8) is 0 Å². The van der Waals surface area contributed by atoms with E-state index in [0.717, 1.165) is 12.3 Å². The van der Waals surface area contributed by atoms with E-state index in [-0.39, 0.29) is 11.8 Å². The molecule has 0 aliphatic heterocycles. The zero-order valence-electron chi connectivity index (χ0n) is 11.2. The molecule has 1 aliphatic rings. The maximum atomic E-state index is 11.0. The normalized spacial score (nSPS) is 27.9. The number of sulfone groups is 1. The van der Waals surface area contributed by atoms with Gasteiger partial charge in [0.2, 0.25) is 0 Å². The second-order valence-corrected chi connectivity index (χ2v) is 7.88. The molecule has 0 heterocycles. The van der Waals surface area contributed by atoms with Crippen molar-refractivity contribution in [1.29, 1.82) is 0 Å². The van der Waals surface area contributed by atoms with E-state index in [1.807, 2.05) is 0 Å². The molecule has 0 radical (unpaired) electrons. The van der Waals surface area contributed by atoms with Crippen LogP contribution in [0, 0.1) is 11.8 Å². The summed E-state index contributed by atoms with van der Waals surface area (Å²) in [5.74, 6) is 1.80. The Balaban J connectivity index is 2.22. The molecular weight excluding hydrogens is 234 g/mol. The molecule has 0 spiro atoms.